The monoisotopic (exact) mass is 189 g/mol. The first-order valence-electron chi connectivity index (χ1n) is 4.82. The Labute approximate surface area is 82.3 Å². The van der Waals surface area contributed by atoms with Crippen molar-refractivity contribution in [3.63, 3.8) is 0 Å². The molecule has 1 saturated heterocycles. The van der Waals surface area contributed by atoms with Crippen LogP contribution >= 0.6 is 0 Å². The largest absolute Gasteiger partial charge is 0.352 e. The molecule has 1 aromatic carbocycles. The highest BCUT2D eigenvalue weighted by Crippen LogP contribution is 2.39. The molecule has 0 N–H and O–H groups in total. The summed E-state index contributed by atoms with van der Waals surface area (Å²) in [4.78, 5) is 13.8. The van der Waals surface area contributed by atoms with Crippen LogP contribution < -0.4 is 0 Å². The van der Waals surface area contributed by atoms with E-state index in [-0.39, 0.29) is 18.2 Å². The van der Waals surface area contributed by atoms with Crippen molar-refractivity contribution in [2.24, 2.45) is 0 Å². The standard InChI is InChI=1S/C11H11NO2/c1-7-6-14-11-9-5-3-2-4-8(9)10(13)12(7)11/h2-5,7,11H,6H2,1H3/t7-,11+/m0/s1. The highest BCUT2D eigenvalue weighted by Gasteiger charge is 2.44. The van der Waals surface area contributed by atoms with Gasteiger partial charge in [0.2, 0.25) is 0 Å². The molecule has 0 aliphatic carbocycles. The van der Waals surface area contributed by atoms with Crippen molar-refractivity contribution in [1.82, 2.24) is 4.90 Å². The quantitative estimate of drug-likeness (QED) is 0.619. The SMILES string of the molecule is C[C@H]1CO[C@@H]2c3ccccc3C(=O)N21. The van der Waals surface area contributed by atoms with Crippen LogP contribution in [-0.4, -0.2) is 23.5 Å². The van der Waals surface area contributed by atoms with Crippen molar-refractivity contribution in [1.29, 1.82) is 0 Å². The van der Waals surface area contributed by atoms with Gasteiger partial charge in [-0.1, -0.05) is 18.2 Å². The van der Waals surface area contributed by atoms with Gasteiger partial charge in [-0.3, -0.25) is 4.79 Å². The fourth-order valence-electron chi connectivity index (χ4n) is 2.21. The topological polar surface area (TPSA) is 29.5 Å². The van der Waals surface area contributed by atoms with Gasteiger partial charge in [-0.15, -0.1) is 0 Å². The highest BCUT2D eigenvalue weighted by atomic mass is 16.5. The Bertz CT molecular complexity index is 402. The van der Waals surface area contributed by atoms with Crippen molar-refractivity contribution >= 4 is 5.91 Å². The summed E-state index contributed by atoms with van der Waals surface area (Å²) in [6.45, 7) is 2.66. The Balaban J connectivity index is 2.15. The van der Waals surface area contributed by atoms with Gasteiger partial charge in [0.15, 0.2) is 6.23 Å². The molecule has 2 atom stereocenters. The third-order valence-electron chi connectivity index (χ3n) is 2.91. The molecule has 2 heterocycles. The van der Waals surface area contributed by atoms with Gasteiger partial charge in [0, 0.05) is 11.1 Å². The molecule has 1 aromatic rings. The second kappa shape index (κ2) is 2.58. The van der Waals surface area contributed by atoms with Gasteiger partial charge in [-0.05, 0) is 13.0 Å². The van der Waals surface area contributed by atoms with E-state index in [1.807, 2.05) is 36.1 Å². The van der Waals surface area contributed by atoms with Crippen LogP contribution in [0.5, 0.6) is 0 Å². The first-order chi connectivity index (χ1) is 6.79. The van der Waals surface area contributed by atoms with Crippen LogP contribution in [0, 0.1) is 0 Å². The number of nitrogens with zero attached hydrogens (tertiary/aromatic N) is 1. The van der Waals surface area contributed by atoms with Crippen LogP contribution in [-0.2, 0) is 4.74 Å². The Hall–Kier alpha value is -1.35. The fraction of sp³-hybridized carbons (Fsp3) is 0.364. The zero-order chi connectivity index (χ0) is 9.71. The number of hydrogen-bond acceptors (Lipinski definition) is 2. The van der Waals surface area contributed by atoms with E-state index in [1.54, 1.807) is 0 Å². The van der Waals surface area contributed by atoms with Crippen molar-refractivity contribution in [3.8, 4) is 0 Å². The molecular formula is C11H11NO2. The van der Waals surface area contributed by atoms with Crippen LogP contribution in [0.2, 0.25) is 0 Å². The van der Waals surface area contributed by atoms with E-state index in [2.05, 4.69) is 0 Å². The maximum atomic E-state index is 11.9. The summed E-state index contributed by atoms with van der Waals surface area (Å²) in [6.07, 6.45) is -0.131. The first kappa shape index (κ1) is 8.00. The molecule has 3 rings (SSSR count). The third kappa shape index (κ3) is 0.826. The number of amides is 1. The summed E-state index contributed by atoms with van der Waals surface area (Å²) in [7, 11) is 0. The lowest BCUT2D eigenvalue weighted by molar-refractivity contribution is 0.0358. The normalized spacial score (nSPS) is 29.2. The summed E-state index contributed by atoms with van der Waals surface area (Å²) in [6, 6.07) is 7.87. The Kier molecular flexibility index (Phi) is 1.47. The number of hydrogen-bond donors (Lipinski definition) is 0. The predicted octanol–water partition coefficient (Wildman–Crippen LogP) is 1.56. The molecule has 3 heteroatoms. The number of carbonyl (C=O) groups excluding carboxylic acids is 1. The molecule has 2 aliphatic heterocycles. The van der Waals surface area contributed by atoms with Crippen molar-refractivity contribution in [2.75, 3.05) is 6.61 Å². The minimum absolute atomic E-state index is 0.107. The molecule has 72 valence electrons. The molecule has 0 spiro atoms. The van der Waals surface area contributed by atoms with Gasteiger partial charge in [0.05, 0.1) is 12.6 Å². The Morgan fingerprint density at radius 3 is 3.07 bits per heavy atom. The lowest BCUT2D eigenvalue weighted by atomic mass is 10.1. The first-order valence-corrected chi connectivity index (χ1v) is 4.82. The van der Waals surface area contributed by atoms with Gasteiger partial charge in [-0.2, -0.15) is 0 Å². The summed E-state index contributed by atoms with van der Waals surface area (Å²) < 4.78 is 5.59. The number of carbonyl (C=O) groups is 1. The summed E-state index contributed by atoms with van der Waals surface area (Å²) in [5.74, 6) is 0.107. The summed E-state index contributed by atoms with van der Waals surface area (Å²) >= 11 is 0. The van der Waals surface area contributed by atoms with Crippen LogP contribution in [0.4, 0.5) is 0 Å². The minimum atomic E-state index is -0.131. The number of ether oxygens (including phenoxy) is 1. The van der Waals surface area contributed by atoms with Gasteiger partial charge < -0.3 is 9.64 Å². The minimum Gasteiger partial charge on any atom is -0.352 e. The molecule has 14 heavy (non-hydrogen) atoms. The molecule has 1 fully saturated rings. The van der Waals surface area contributed by atoms with Gasteiger partial charge in [0.1, 0.15) is 0 Å². The van der Waals surface area contributed by atoms with Crippen molar-refractivity contribution < 1.29 is 9.53 Å². The maximum Gasteiger partial charge on any atom is 0.256 e. The molecule has 1 amide bonds. The van der Waals surface area contributed by atoms with Crippen LogP contribution in [0.1, 0.15) is 29.1 Å². The van der Waals surface area contributed by atoms with E-state index in [0.29, 0.717) is 6.61 Å². The van der Waals surface area contributed by atoms with Crippen molar-refractivity contribution in [3.05, 3.63) is 35.4 Å². The van der Waals surface area contributed by atoms with E-state index < -0.39 is 0 Å². The van der Waals surface area contributed by atoms with Crippen LogP contribution in [0.25, 0.3) is 0 Å². The molecule has 2 aliphatic rings. The van der Waals surface area contributed by atoms with E-state index in [0.717, 1.165) is 11.1 Å². The van der Waals surface area contributed by atoms with Gasteiger partial charge >= 0.3 is 0 Å². The van der Waals surface area contributed by atoms with Crippen molar-refractivity contribution in [2.45, 2.75) is 19.2 Å². The molecular weight excluding hydrogens is 178 g/mol. The summed E-state index contributed by atoms with van der Waals surface area (Å²) in [5, 5.41) is 0. The van der Waals surface area contributed by atoms with E-state index in [4.69, 9.17) is 4.74 Å². The van der Waals surface area contributed by atoms with Crippen LogP contribution in [0.3, 0.4) is 0 Å². The van der Waals surface area contributed by atoms with E-state index in [1.165, 1.54) is 0 Å². The lowest BCUT2D eigenvalue weighted by Gasteiger charge is -2.17. The second-order valence-electron chi connectivity index (χ2n) is 3.83. The highest BCUT2D eigenvalue weighted by molar-refractivity contribution is 5.99. The second-order valence-corrected chi connectivity index (χ2v) is 3.83. The zero-order valence-electron chi connectivity index (χ0n) is 7.93. The average Bonchev–Trinajstić information content (AvgIpc) is 2.70. The fourth-order valence-corrected chi connectivity index (χ4v) is 2.21. The molecule has 0 unspecified atom stereocenters. The summed E-state index contributed by atoms with van der Waals surface area (Å²) in [5.41, 5.74) is 1.81. The van der Waals surface area contributed by atoms with Crippen LogP contribution in [0.15, 0.2) is 24.3 Å². The van der Waals surface area contributed by atoms with E-state index in [9.17, 15) is 4.79 Å². The van der Waals surface area contributed by atoms with Gasteiger partial charge in [0.25, 0.3) is 5.91 Å². The molecule has 3 nitrogen and oxygen atoms in total. The number of rotatable bonds is 0. The average molecular weight is 189 g/mol. The zero-order valence-corrected chi connectivity index (χ0v) is 7.93. The lowest BCUT2D eigenvalue weighted by Crippen LogP contribution is -2.31. The Morgan fingerprint density at radius 2 is 2.21 bits per heavy atom. The smallest absolute Gasteiger partial charge is 0.256 e. The molecule has 0 saturated carbocycles. The Morgan fingerprint density at radius 1 is 1.43 bits per heavy atom. The number of fused-ring (bicyclic) bond motifs is 3. The molecule has 0 aromatic heterocycles. The molecule has 0 bridgehead atoms. The van der Waals surface area contributed by atoms with Gasteiger partial charge in [-0.25, -0.2) is 0 Å². The predicted molar refractivity (Wildman–Crippen MR) is 50.8 cm³/mol. The third-order valence-corrected chi connectivity index (χ3v) is 2.91. The molecule has 0 radical (unpaired) electrons. The number of benzene rings is 1. The van der Waals surface area contributed by atoms with E-state index >= 15 is 0 Å². The maximum absolute atomic E-state index is 11.9.